The average Bonchev–Trinajstić information content (AvgIpc) is 2.38. The van der Waals surface area contributed by atoms with Crippen molar-refractivity contribution in [1.82, 2.24) is 9.88 Å². The highest BCUT2D eigenvalue weighted by molar-refractivity contribution is 5.94. The van der Waals surface area contributed by atoms with E-state index in [0.29, 0.717) is 24.6 Å². The molecule has 0 bridgehead atoms. The molecule has 2 unspecified atom stereocenters. The Bertz CT molecular complexity index is 438. The second kappa shape index (κ2) is 5.44. The first-order valence-electron chi connectivity index (χ1n) is 6.23. The summed E-state index contributed by atoms with van der Waals surface area (Å²) in [6.07, 6.45) is 4.49. The second-order valence-corrected chi connectivity index (χ2v) is 4.88. The van der Waals surface area contributed by atoms with Crippen molar-refractivity contribution in [2.24, 2.45) is 11.7 Å². The van der Waals surface area contributed by atoms with Gasteiger partial charge in [-0.15, -0.1) is 0 Å². The van der Waals surface area contributed by atoms with Crippen molar-refractivity contribution in [2.45, 2.75) is 25.8 Å². The summed E-state index contributed by atoms with van der Waals surface area (Å²) in [5.41, 5.74) is 5.97. The van der Waals surface area contributed by atoms with Gasteiger partial charge in [0, 0.05) is 18.8 Å². The molecule has 1 aliphatic rings. The van der Waals surface area contributed by atoms with Crippen LogP contribution in [0.15, 0.2) is 18.5 Å². The summed E-state index contributed by atoms with van der Waals surface area (Å²) in [5, 5.41) is 0. The molecule has 0 spiro atoms. The van der Waals surface area contributed by atoms with Crippen molar-refractivity contribution in [2.75, 3.05) is 13.1 Å². The SMILES string of the molecule is CC1CCC(CN)CN1C(=O)c1cncc(F)c1. The van der Waals surface area contributed by atoms with Crippen LogP contribution in [0.3, 0.4) is 0 Å². The van der Waals surface area contributed by atoms with E-state index in [9.17, 15) is 9.18 Å². The van der Waals surface area contributed by atoms with Gasteiger partial charge >= 0.3 is 0 Å². The topological polar surface area (TPSA) is 59.2 Å². The Morgan fingerprint density at radius 1 is 1.56 bits per heavy atom. The van der Waals surface area contributed by atoms with Crippen LogP contribution < -0.4 is 5.73 Å². The average molecular weight is 251 g/mol. The van der Waals surface area contributed by atoms with Gasteiger partial charge in [-0.25, -0.2) is 4.39 Å². The zero-order valence-corrected chi connectivity index (χ0v) is 10.5. The maximum Gasteiger partial charge on any atom is 0.255 e. The van der Waals surface area contributed by atoms with E-state index in [2.05, 4.69) is 4.98 Å². The number of carbonyl (C=O) groups is 1. The normalized spacial score (nSPS) is 24.1. The van der Waals surface area contributed by atoms with Crippen LogP contribution in [0.5, 0.6) is 0 Å². The van der Waals surface area contributed by atoms with Crippen LogP contribution in [-0.2, 0) is 0 Å². The number of likely N-dealkylation sites (tertiary alicyclic amines) is 1. The van der Waals surface area contributed by atoms with Gasteiger partial charge in [0.2, 0.25) is 0 Å². The van der Waals surface area contributed by atoms with E-state index < -0.39 is 5.82 Å². The van der Waals surface area contributed by atoms with E-state index in [1.807, 2.05) is 6.92 Å². The molecule has 2 rings (SSSR count). The Morgan fingerprint density at radius 2 is 2.33 bits per heavy atom. The van der Waals surface area contributed by atoms with Crippen molar-refractivity contribution in [3.63, 3.8) is 0 Å². The van der Waals surface area contributed by atoms with Crippen LogP contribution in [0.1, 0.15) is 30.1 Å². The molecule has 1 aromatic heterocycles. The zero-order chi connectivity index (χ0) is 13.1. The number of nitrogens with two attached hydrogens (primary N) is 1. The molecule has 1 aliphatic heterocycles. The number of carbonyl (C=O) groups excluding carboxylic acids is 1. The number of pyridine rings is 1. The molecule has 0 radical (unpaired) electrons. The van der Waals surface area contributed by atoms with Gasteiger partial charge in [-0.3, -0.25) is 9.78 Å². The van der Waals surface area contributed by atoms with Gasteiger partial charge in [-0.05, 0) is 38.3 Å². The quantitative estimate of drug-likeness (QED) is 0.864. The first-order chi connectivity index (χ1) is 8.61. The minimum absolute atomic E-state index is 0.160. The van der Waals surface area contributed by atoms with Crippen molar-refractivity contribution >= 4 is 5.91 Å². The number of aromatic nitrogens is 1. The van der Waals surface area contributed by atoms with E-state index in [1.165, 1.54) is 12.3 Å². The van der Waals surface area contributed by atoms with Gasteiger partial charge in [0.25, 0.3) is 5.91 Å². The van der Waals surface area contributed by atoms with Crippen molar-refractivity contribution in [1.29, 1.82) is 0 Å². The zero-order valence-electron chi connectivity index (χ0n) is 10.5. The Morgan fingerprint density at radius 3 is 3.00 bits per heavy atom. The van der Waals surface area contributed by atoms with E-state index >= 15 is 0 Å². The van der Waals surface area contributed by atoms with Crippen LogP contribution in [-0.4, -0.2) is 34.9 Å². The summed E-state index contributed by atoms with van der Waals surface area (Å²) in [5.74, 6) is -0.305. The number of halogens is 1. The predicted octanol–water partition coefficient (Wildman–Crippen LogP) is 1.42. The fourth-order valence-corrected chi connectivity index (χ4v) is 2.35. The van der Waals surface area contributed by atoms with Gasteiger partial charge in [0.1, 0.15) is 5.82 Å². The first kappa shape index (κ1) is 13.0. The van der Waals surface area contributed by atoms with Crippen LogP contribution in [0.25, 0.3) is 0 Å². The number of hydrogen-bond donors (Lipinski definition) is 1. The number of nitrogens with zero attached hydrogens (tertiary/aromatic N) is 2. The monoisotopic (exact) mass is 251 g/mol. The van der Waals surface area contributed by atoms with Crippen LogP contribution in [0.4, 0.5) is 4.39 Å². The molecule has 5 heteroatoms. The number of rotatable bonds is 2. The van der Waals surface area contributed by atoms with Gasteiger partial charge in [0.05, 0.1) is 11.8 Å². The molecule has 2 N–H and O–H groups in total. The van der Waals surface area contributed by atoms with Crippen LogP contribution >= 0.6 is 0 Å². The molecule has 0 saturated carbocycles. The van der Waals surface area contributed by atoms with Crippen LogP contribution in [0.2, 0.25) is 0 Å². The third-order valence-corrected chi connectivity index (χ3v) is 3.53. The Hall–Kier alpha value is -1.49. The molecule has 0 aromatic carbocycles. The van der Waals surface area contributed by atoms with Gasteiger partial charge in [-0.2, -0.15) is 0 Å². The lowest BCUT2D eigenvalue weighted by Gasteiger charge is -2.37. The molecule has 4 nitrogen and oxygen atoms in total. The van der Waals surface area contributed by atoms with Gasteiger partial charge < -0.3 is 10.6 Å². The molecule has 1 fully saturated rings. The molecule has 18 heavy (non-hydrogen) atoms. The molecule has 98 valence electrons. The summed E-state index contributed by atoms with van der Waals surface area (Å²) in [7, 11) is 0. The summed E-state index contributed by atoms with van der Waals surface area (Å²) in [6, 6.07) is 1.40. The molecule has 0 aliphatic carbocycles. The Labute approximate surface area is 106 Å². The molecular weight excluding hydrogens is 233 g/mol. The summed E-state index contributed by atoms with van der Waals surface area (Å²) in [4.78, 5) is 17.8. The van der Waals surface area contributed by atoms with Crippen molar-refractivity contribution in [3.05, 3.63) is 29.8 Å². The third kappa shape index (κ3) is 2.67. The highest BCUT2D eigenvalue weighted by atomic mass is 19.1. The van der Waals surface area contributed by atoms with Crippen LogP contribution in [0, 0.1) is 11.7 Å². The predicted molar refractivity (Wildman–Crippen MR) is 66.5 cm³/mol. The summed E-state index contributed by atoms with van der Waals surface area (Å²) in [6.45, 7) is 3.24. The first-order valence-corrected chi connectivity index (χ1v) is 6.23. The fraction of sp³-hybridized carbons (Fsp3) is 0.538. The molecule has 2 heterocycles. The third-order valence-electron chi connectivity index (χ3n) is 3.53. The minimum atomic E-state index is -0.485. The summed E-state index contributed by atoms with van der Waals surface area (Å²) >= 11 is 0. The lowest BCUT2D eigenvalue weighted by molar-refractivity contribution is 0.0566. The summed E-state index contributed by atoms with van der Waals surface area (Å²) < 4.78 is 13.1. The molecule has 1 amide bonds. The number of hydrogen-bond acceptors (Lipinski definition) is 3. The van der Waals surface area contributed by atoms with E-state index in [0.717, 1.165) is 19.0 Å². The minimum Gasteiger partial charge on any atom is -0.336 e. The van der Waals surface area contributed by atoms with E-state index in [-0.39, 0.29) is 11.9 Å². The number of piperidine rings is 1. The Balaban J connectivity index is 2.16. The van der Waals surface area contributed by atoms with E-state index in [1.54, 1.807) is 4.90 Å². The highest BCUT2D eigenvalue weighted by Crippen LogP contribution is 2.23. The molecule has 1 saturated heterocycles. The Kier molecular flexibility index (Phi) is 3.91. The largest absolute Gasteiger partial charge is 0.336 e. The second-order valence-electron chi connectivity index (χ2n) is 4.88. The van der Waals surface area contributed by atoms with Gasteiger partial charge in [0.15, 0.2) is 0 Å². The lowest BCUT2D eigenvalue weighted by atomic mass is 9.93. The van der Waals surface area contributed by atoms with E-state index in [4.69, 9.17) is 5.73 Å². The maximum absolute atomic E-state index is 13.1. The molecule has 2 atom stereocenters. The number of amides is 1. The standard InChI is InChI=1S/C13H18FN3O/c1-9-2-3-10(5-15)8-17(9)13(18)11-4-12(14)7-16-6-11/h4,6-7,9-10H,2-3,5,8,15H2,1H3. The molecular formula is C13H18FN3O. The molecule has 1 aromatic rings. The lowest BCUT2D eigenvalue weighted by Crippen LogP contribution is -2.47. The maximum atomic E-state index is 13.1. The highest BCUT2D eigenvalue weighted by Gasteiger charge is 2.29. The smallest absolute Gasteiger partial charge is 0.255 e. The van der Waals surface area contributed by atoms with Crippen molar-refractivity contribution < 1.29 is 9.18 Å². The van der Waals surface area contributed by atoms with Gasteiger partial charge in [-0.1, -0.05) is 0 Å². The van der Waals surface area contributed by atoms with Crippen molar-refractivity contribution in [3.8, 4) is 0 Å². The fourth-order valence-electron chi connectivity index (χ4n) is 2.35.